The number of hydrogen-bond donors (Lipinski definition) is 0. The lowest BCUT2D eigenvalue weighted by atomic mass is 10.2. The molecule has 1 aliphatic rings. The topological polar surface area (TPSA) is 97.3 Å². The third-order valence-electron chi connectivity index (χ3n) is 6.96. The molecule has 0 fully saturated rings. The molecule has 44 heavy (non-hydrogen) atoms. The van der Waals surface area contributed by atoms with Crippen molar-refractivity contribution >= 4 is 55.6 Å². The van der Waals surface area contributed by atoms with Gasteiger partial charge in [0.25, 0.3) is 5.56 Å². The molecule has 2 aromatic heterocycles. The van der Waals surface area contributed by atoms with Gasteiger partial charge < -0.3 is 23.4 Å². The van der Waals surface area contributed by atoms with E-state index in [4.69, 9.17) is 39.9 Å². The smallest absolute Gasteiger partial charge is 0.282 e. The van der Waals surface area contributed by atoms with Gasteiger partial charge in [-0.2, -0.15) is 9.78 Å². The van der Waals surface area contributed by atoms with Crippen LogP contribution < -0.4 is 24.5 Å². The Balaban J connectivity index is 1.25. The molecule has 0 aliphatic carbocycles. The molecule has 9 nitrogen and oxygen atoms in total. The van der Waals surface area contributed by atoms with Gasteiger partial charge in [0.2, 0.25) is 12.6 Å². The molecule has 0 amide bonds. The fraction of sp³-hybridized carbons (Fsp3) is 0.121. The predicted molar refractivity (Wildman–Crippen MR) is 171 cm³/mol. The second kappa shape index (κ2) is 11.7. The molecule has 0 spiro atoms. The summed E-state index contributed by atoms with van der Waals surface area (Å²) in [5.74, 6) is 3.10. The van der Waals surface area contributed by atoms with Gasteiger partial charge in [-0.3, -0.25) is 4.79 Å². The molecule has 220 valence electrons. The first-order valence-electron chi connectivity index (χ1n) is 13.7. The van der Waals surface area contributed by atoms with Crippen molar-refractivity contribution in [3.8, 4) is 34.6 Å². The summed E-state index contributed by atoms with van der Waals surface area (Å²) in [4.78, 5) is 18.4. The van der Waals surface area contributed by atoms with Crippen LogP contribution in [0.2, 0.25) is 5.02 Å². The van der Waals surface area contributed by atoms with E-state index in [1.807, 2.05) is 37.3 Å². The summed E-state index contributed by atoms with van der Waals surface area (Å²) >= 11 is 9.82. The van der Waals surface area contributed by atoms with Gasteiger partial charge in [0, 0.05) is 20.4 Å². The van der Waals surface area contributed by atoms with E-state index in [1.54, 1.807) is 54.7 Å². The molecule has 7 rings (SSSR count). The van der Waals surface area contributed by atoms with Gasteiger partial charge in [-0.25, -0.2) is 4.98 Å². The monoisotopic (exact) mass is 671 g/mol. The van der Waals surface area contributed by atoms with Crippen LogP contribution in [0.1, 0.15) is 18.1 Å². The van der Waals surface area contributed by atoms with E-state index >= 15 is 0 Å². The van der Waals surface area contributed by atoms with Gasteiger partial charge >= 0.3 is 0 Å². The first kappa shape index (κ1) is 28.0. The Kier molecular flexibility index (Phi) is 7.45. The van der Waals surface area contributed by atoms with Crippen molar-refractivity contribution < 1.29 is 23.4 Å². The molecule has 1 aliphatic heterocycles. The highest BCUT2D eigenvalue weighted by Crippen LogP contribution is 2.36. The molecule has 0 bridgehead atoms. The normalized spacial score (nSPS) is 12.4. The first-order valence-corrected chi connectivity index (χ1v) is 14.9. The number of furan rings is 1. The van der Waals surface area contributed by atoms with E-state index in [9.17, 15) is 4.79 Å². The van der Waals surface area contributed by atoms with Crippen LogP contribution in [0.25, 0.3) is 33.5 Å². The molecule has 0 unspecified atom stereocenters. The zero-order valence-corrected chi connectivity index (χ0v) is 25.6. The molecule has 3 heterocycles. The van der Waals surface area contributed by atoms with Gasteiger partial charge in [0.05, 0.1) is 23.7 Å². The number of benzene rings is 4. The van der Waals surface area contributed by atoms with Crippen molar-refractivity contribution in [1.82, 2.24) is 9.66 Å². The molecule has 4 aromatic carbocycles. The fourth-order valence-corrected chi connectivity index (χ4v) is 5.46. The highest BCUT2D eigenvalue weighted by molar-refractivity contribution is 9.10. The molecule has 0 atom stereocenters. The molecule has 0 N–H and O–H groups in total. The van der Waals surface area contributed by atoms with Gasteiger partial charge in [-0.1, -0.05) is 29.8 Å². The maximum atomic E-state index is 13.7. The average molecular weight is 673 g/mol. The van der Waals surface area contributed by atoms with Crippen LogP contribution in [-0.4, -0.2) is 29.3 Å². The summed E-state index contributed by atoms with van der Waals surface area (Å²) in [7, 11) is 0. The van der Waals surface area contributed by atoms with Crippen LogP contribution in [-0.2, 0) is 6.61 Å². The minimum atomic E-state index is -0.342. The van der Waals surface area contributed by atoms with Crippen molar-refractivity contribution in [3.05, 3.63) is 110 Å². The van der Waals surface area contributed by atoms with Crippen molar-refractivity contribution in [3.63, 3.8) is 0 Å². The summed E-state index contributed by atoms with van der Waals surface area (Å²) in [5, 5.41) is 6.37. The highest BCUT2D eigenvalue weighted by Gasteiger charge is 2.18. The van der Waals surface area contributed by atoms with E-state index in [2.05, 4.69) is 21.0 Å². The number of ether oxygens (including phenoxy) is 4. The van der Waals surface area contributed by atoms with Crippen LogP contribution >= 0.6 is 27.5 Å². The Morgan fingerprint density at radius 1 is 1.00 bits per heavy atom. The number of hydrogen-bond acceptors (Lipinski definition) is 8. The van der Waals surface area contributed by atoms with Crippen molar-refractivity contribution in [2.75, 3.05) is 13.4 Å². The maximum absolute atomic E-state index is 13.7. The van der Waals surface area contributed by atoms with E-state index in [1.165, 1.54) is 4.68 Å². The van der Waals surface area contributed by atoms with Crippen molar-refractivity contribution in [2.45, 2.75) is 13.5 Å². The van der Waals surface area contributed by atoms with Crippen LogP contribution in [0.4, 0.5) is 0 Å². The number of aromatic nitrogens is 2. The Bertz CT molecular complexity index is 2140. The van der Waals surface area contributed by atoms with Crippen LogP contribution in [0.5, 0.6) is 23.0 Å². The summed E-state index contributed by atoms with van der Waals surface area (Å²) in [6, 6.07) is 23.5. The zero-order valence-electron chi connectivity index (χ0n) is 23.3. The maximum Gasteiger partial charge on any atom is 0.282 e. The Labute approximate surface area is 264 Å². The third kappa shape index (κ3) is 5.38. The standard InChI is InChI=1S/C33H23BrClN3O6/c1-2-40-29-14-21(24(34)15-30(29)41-17-19-7-9-27-28(11-19)43-18-42-27)16-36-38-32(37-25-6-4-3-5-23(25)33(38)39)31-13-20-12-22(35)8-10-26(20)44-31/h3-16H,2,17-18H2,1H3. The van der Waals surface area contributed by atoms with Gasteiger partial charge in [0.15, 0.2) is 28.8 Å². The number of nitrogens with zero attached hydrogens (tertiary/aromatic N) is 3. The summed E-state index contributed by atoms with van der Waals surface area (Å²) in [6.45, 7) is 2.82. The number of rotatable bonds is 8. The Hall–Kier alpha value is -4.80. The lowest BCUT2D eigenvalue weighted by Gasteiger charge is -2.14. The summed E-state index contributed by atoms with van der Waals surface area (Å²) in [5.41, 5.74) is 2.38. The van der Waals surface area contributed by atoms with Gasteiger partial charge in [0.1, 0.15) is 12.2 Å². The van der Waals surface area contributed by atoms with Gasteiger partial charge in [-0.05, 0) is 89.1 Å². The Morgan fingerprint density at radius 3 is 2.73 bits per heavy atom. The quantitative estimate of drug-likeness (QED) is 0.152. The van der Waals surface area contributed by atoms with Crippen LogP contribution in [0, 0.1) is 0 Å². The lowest BCUT2D eigenvalue weighted by molar-refractivity contribution is 0.174. The largest absolute Gasteiger partial charge is 0.490 e. The number of halogens is 2. The molecular weight excluding hydrogens is 650 g/mol. The Morgan fingerprint density at radius 2 is 1.84 bits per heavy atom. The lowest BCUT2D eigenvalue weighted by Crippen LogP contribution is -2.20. The van der Waals surface area contributed by atoms with Crippen molar-refractivity contribution in [1.29, 1.82) is 0 Å². The highest BCUT2D eigenvalue weighted by atomic mass is 79.9. The molecule has 11 heteroatoms. The second-order valence-electron chi connectivity index (χ2n) is 9.84. The number of fused-ring (bicyclic) bond motifs is 3. The third-order valence-corrected chi connectivity index (χ3v) is 7.88. The van der Waals surface area contributed by atoms with Crippen LogP contribution in [0.3, 0.4) is 0 Å². The summed E-state index contributed by atoms with van der Waals surface area (Å²) < 4.78 is 30.9. The molecule has 6 aromatic rings. The van der Waals surface area contributed by atoms with E-state index < -0.39 is 0 Å². The fourth-order valence-electron chi connectivity index (χ4n) is 4.86. The average Bonchev–Trinajstić information content (AvgIpc) is 3.67. The van der Waals surface area contributed by atoms with E-state index in [0.29, 0.717) is 73.5 Å². The zero-order chi connectivity index (χ0) is 30.2. The first-order chi connectivity index (χ1) is 21.5. The molecular formula is C33H23BrClN3O6. The second-order valence-corrected chi connectivity index (χ2v) is 11.1. The molecule has 0 radical (unpaired) electrons. The van der Waals surface area contributed by atoms with E-state index in [0.717, 1.165) is 10.9 Å². The minimum Gasteiger partial charge on any atom is -0.490 e. The summed E-state index contributed by atoms with van der Waals surface area (Å²) in [6.07, 6.45) is 1.56. The minimum absolute atomic E-state index is 0.208. The van der Waals surface area contributed by atoms with Gasteiger partial charge in [-0.15, -0.1) is 0 Å². The van der Waals surface area contributed by atoms with E-state index in [-0.39, 0.29) is 18.2 Å². The van der Waals surface area contributed by atoms with Crippen molar-refractivity contribution in [2.24, 2.45) is 5.10 Å². The molecule has 0 saturated heterocycles. The SMILES string of the molecule is CCOc1cc(C=Nn2c(-c3cc4cc(Cl)ccc4o3)nc3ccccc3c2=O)c(Br)cc1OCc1ccc2c(c1)OCO2. The molecule has 0 saturated carbocycles. The number of para-hydroxylation sites is 1. The van der Waals surface area contributed by atoms with Crippen LogP contribution in [0.15, 0.2) is 97.6 Å². The predicted octanol–water partition coefficient (Wildman–Crippen LogP) is 7.81.